The molecule has 1 saturated heterocycles. The molecule has 0 aliphatic carbocycles. The SMILES string of the molecule is CC(C)(O)CC1(C#N)CCOC1. The molecular weight excluding hydrogens is 154 g/mol. The van der Waals surface area contributed by atoms with Gasteiger partial charge in [-0.25, -0.2) is 0 Å². The van der Waals surface area contributed by atoms with E-state index in [-0.39, 0.29) is 0 Å². The average Bonchev–Trinajstić information content (AvgIpc) is 2.34. The maximum absolute atomic E-state index is 9.57. The van der Waals surface area contributed by atoms with Crippen LogP contribution in [0.25, 0.3) is 0 Å². The molecule has 0 radical (unpaired) electrons. The summed E-state index contributed by atoms with van der Waals surface area (Å²) >= 11 is 0. The summed E-state index contributed by atoms with van der Waals surface area (Å²) in [6, 6.07) is 2.25. The fourth-order valence-corrected chi connectivity index (χ4v) is 1.70. The van der Waals surface area contributed by atoms with E-state index in [9.17, 15) is 5.11 Å². The van der Waals surface area contributed by atoms with Crippen LogP contribution in [0.5, 0.6) is 0 Å². The Bertz CT molecular complexity index is 194. The predicted octanol–water partition coefficient (Wildman–Crippen LogP) is 1.08. The number of ether oxygens (including phenoxy) is 1. The van der Waals surface area contributed by atoms with Crippen LogP contribution in [0.3, 0.4) is 0 Å². The Morgan fingerprint density at radius 2 is 2.33 bits per heavy atom. The van der Waals surface area contributed by atoms with Crippen LogP contribution in [0.4, 0.5) is 0 Å². The molecule has 1 unspecified atom stereocenters. The summed E-state index contributed by atoms with van der Waals surface area (Å²) in [7, 11) is 0. The Morgan fingerprint density at radius 1 is 1.67 bits per heavy atom. The molecule has 1 rings (SSSR count). The minimum absolute atomic E-state index is 0.446. The topological polar surface area (TPSA) is 53.2 Å². The lowest BCUT2D eigenvalue weighted by molar-refractivity contribution is 0.0330. The summed E-state index contributed by atoms with van der Waals surface area (Å²) < 4.78 is 5.16. The number of aliphatic hydroxyl groups is 1. The van der Waals surface area contributed by atoms with E-state index in [1.54, 1.807) is 13.8 Å². The molecule has 68 valence electrons. The molecule has 0 spiro atoms. The van der Waals surface area contributed by atoms with E-state index >= 15 is 0 Å². The van der Waals surface area contributed by atoms with Crippen LogP contribution in [-0.2, 0) is 4.74 Å². The zero-order valence-corrected chi connectivity index (χ0v) is 7.63. The normalized spacial score (nSPS) is 30.2. The standard InChI is InChI=1S/C9H15NO2/c1-8(2,11)5-9(6-10)3-4-12-7-9/h11H,3-5,7H2,1-2H3. The Kier molecular flexibility index (Phi) is 2.41. The largest absolute Gasteiger partial charge is 0.390 e. The Balaban J connectivity index is 2.64. The fourth-order valence-electron chi connectivity index (χ4n) is 1.70. The molecule has 12 heavy (non-hydrogen) atoms. The number of rotatable bonds is 2. The Morgan fingerprint density at radius 3 is 2.67 bits per heavy atom. The van der Waals surface area contributed by atoms with E-state index < -0.39 is 11.0 Å². The molecule has 0 amide bonds. The molecule has 1 aliphatic rings. The van der Waals surface area contributed by atoms with E-state index in [1.807, 2.05) is 0 Å². The molecule has 1 heterocycles. The molecule has 1 fully saturated rings. The molecule has 1 atom stereocenters. The van der Waals surface area contributed by atoms with Gasteiger partial charge >= 0.3 is 0 Å². The lowest BCUT2D eigenvalue weighted by Crippen LogP contribution is -2.31. The minimum atomic E-state index is -0.774. The van der Waals surface area contributed by atoms with Gasteiger partial charge in [0.05, 0.1) is 23.7 Å². The Hall–Kier alpha value is -0.590. The fraction of sp³-hybridized carbons (Fsp3) is 0.889. The number of nitrogens with zero attached hydrogens (tertiary/aromatic N) is 1. The zero-order chi connectivity index (χ0) is 9.24. The highest BCUT2D eigenvalue weighted by atomic mass is 16.5. The monoisotopic (exact) mass is 169 g/mol. The average molecular weight is 169 g/mol. The van der Waals surface area contributed by atoms with Crippen LogP contribution in [0.2, 0.25) is 0 Å². The first-order chi connectivity index (χ1) is 5.47. The molecule has 0 aromatic carbocycles. The van der Waals surface area contributed by atoms with Crippen molar-refractivity contribution in [1.82, 2.24) is 0 Å². The molecule has 1 N–H and O–H groups in total. The first-order valence-corrected chi connectivity index (χ1v) is 4.19. The molecule has 1 aliphatic heterocycles. The van der Waals surface area contributed by atoms with Crippen molar-refractivity contribution in [2.75, 3.05) is 13.2 Å². The quantitative estimate of drug-likeness (QED) is 0.673. The number of hydrogen-bond acceptors (Lipinski definition) is 3. The van der Waals surface area contributed by atoms with Crippen molar-refractivity contribution in [2.45, 2.75) is 32.3 Å². The first-order valence-electron chi connectivity index (χ1n) is 4.19. The van der Waals surface area contributed by atoms with Crippen molar-refractivity contribution in [3.05, 3.63) is 0 Å². The van der Waals surface area contributed by atoms with Gasteiger partial charge in [0.15, 0.2) is 0 Å². The van der Waals surface area contributed by atoms with Crippen LogP contribution >= 0.6 is 0 Å². The summed E-state index contributed by atoms with van der Waals surface area (Å²) in [6.07, 6.45) is 1.24. The van der Waals surface area contributed by atoms with Crippen LogP contribution in [0.1, 0.15) is 26.7 Å². The minimum Gasteiger partial charge on any atom is -0.390 e. The molecule has 0 bridgehead atoms. The van der Waals surface area contributed by atoms with Crippen molar-refractivity contribution < 1.29 is 9.84 Å². The van der Waals surface area contributed by atoms with Crippen LogP contribution < -0.4 is 0 Å². The third kappa shape index (κ3) is 2.20. The van der Waals surface area contributed by atoms with Crippen LogP contribution in [0, 0.1) is 16.7 Å². The summed E-state index contributed by atoms with van der Waals surface area (Å²) in [6.45, 7) is 4.56. The number of hydrogen-bond donors (Lipinski definition) is 1. The van der Waals surface area contributed by atoms with Crippen molar-refractivity contribution >= 4 is 0 Å². The van der Waals surface area contributed by atoms with Crippen LogP contribution in [0.15, 0.2) is 0 Å². The highest BCUT2D eigenvalue weighted by molar-refractivity contribution is 5.03. The zero-order valence-electron chi connectivity index (χ0n) is 7.63. The van der Waals surface area contributed by atoms with E-state index in [0.717, 1.165) is 6.42 Å². The van der Waals surface area contributed by atoms with Gasteiger partial charge in [0.25, 0.3) is 0 Å². The number of nitriles is 1. The first kappa shape index (κ1) is 9.50. The molecule has 3 nitrogen and oxygen atoms in total. The van der Waals surface area contributed by atoms with Gasteiger partial charge in [-0.05, 0) is 26.7 Å². The molecule has 0 aromatic rings. The second kappa shape index (κ2) is 3.04. The second-order valence-corrected chi connectivity index (χ2v) is 4.18. The maximum Gasteiger partial charge on any atom is 0.0855 e. The van der Waals surface area contributed by atoms with Gasteiger partial charge in [-0.15, -0.1) is 0 Å². The highest BCUT2D eigenvalue weighted by Gasteiger charge is 2.39. The van der Waals surface area contributed by atoms with Crippen molar-refractivity contribution in [3.63, 3.8) is 0 Å². The van der Waals surface area contributed by atoms with Gasteiger partial charge in [0.1, 0.15) is 0 Å². The summed E-state index contributed by atoms with van der Waals surface area (Å²) in [5.41, 5.74) is -1.22. The van der Waals surface area contributed by atoms with E-state index in [1.165, 1.54) is 0 Å². The van der Waals surface area contributed by atoms with Crippen molar-refractivity contribution in [2.24, 2.45) is 5.41 Å². The second-order valence-electron chi connectivity index (χ2n) is 4.18. The van der Waals surface area contributed by atoms with Gasteiger partial charge in [-0.3, -0.25) is 0 Å². The summed E-state index contributed by atoms with van der Waals surface area (Å²) in [5.74, 6) is 0. The maximum atomic E-state index is 9.57. The van der Waals surface area contributed by atoms with Gasteiger partial charge in [-0.1, -0.05) is 0 Å². The molecule has 0 aromatic heterocycles. The van der Waals surface area contributed by atoms with E-state index in [0.29, 0.717) is 19.6 Å². The summed E-state index contributed by atoms with van der Waals surface area (Å²) in [5, 5.41) is 18.5. The predicted molar refractivity (Wildman–Crippen MR) is 44.4 cm³/mol. The van der Waals surface area contributed by atoms with Gasteiger partial charge in [-0.2, -0.15) is 5.26 Å². The molecule has 0 saturated carbocycles. The molecule has 3 heteroatoms. The lowest BCUT2D eigenvalue weighted by Gasteiger charge is -2.26. The van der Waals surface area contributed by atoms with Gasteiger partial charge in [0.2, 0.25) is 0 Å². The highest BCUT2D eigenvalue weighted by Crippen LogP contribution is 2.35. The van der Waals surface area contributed by atoms with Gasteiger partial charge < -0.3 is 9.84 Å². The third-order valence-electron chi connectivity index (χ3n) is 2.11. The molecular formula is C9H15NO2. The van der Waals surface area contributed by atoms with E-state index in [4.69, 9.17) is 10.00 Å². The van der Waals surface area contributed by atoms with Gasteiger partial charge in [0, 0.05) is 6.61 Å². The summed E-state index contributed by atoms with van der Waals surface area (Å²) in [4.78, 5) is 0. The van der Waals surface area contributed by atoms with E-state index in [2.05, 4.69) is 6.07 Å². The van der Waals surface area contributed by atoms with Crippen molar-refractivity contribution in [1.29, 1.82) is 5.26 Å². The third-order valence-corrected chi connectivity index (χ3v) is 2.11. The smallest absolute Gasteiger partial charge is 0.0855 e. The lowest BCUT2D eigenvalue weighted by atomic mass is 9.79. The van der Waals surface area contributed by atoms with Crippen LogP contribution in [-0.4, -0.2) is 23.9 Å². The Labute approximate surface area is 73.0 Å². The van der Waals surface area contributed by atoms with Crippen molar-refractivity contribution in [3.8, 4) is 6.07 Å².